The first-order valence-electron chi connectivity index (χ1n) is 6.94. The Morgan fingerprint density at radius 2 is 2.00 bits per heavy atom. The Balaban J connectivity index is 1.86. The number of ether oxygens (including phenoxy) is 2. The van der Waals surface area contributed by atoms with E-state index >= 15 is 0 Å². The van der Waals surface area contributed by atoms with Crippen LogP contribution in [-0.4, -0.2) is 23.3 Å². The Morgan fingerprint density at radius 3 is 2.78 bits per heavy atom. The second kappa shape index (κ2) is 6.83. The van der Waals surface area contributed by atoms with E-state index in [9.17, 15) is 4.39 Å². The minimum absolute atomic E-state index is 0.240. The lowest BCUT2D eigenvalue weighted by Crippen LogP contribution is -1.99. The van der Waals surface area contributed by atoms with Gasteiger partial charge in [0.05, 0.1) is 18.0 Å². The highest BCUT2D eigenvalue weighted by molar-refractivity contribution is 7.98. The van der Waals surface area contributed by atoms with E-state index in [0.29, 0.717) is 5.88 Å². The molecule has 0 aliphatic carbocycles. The van der Waals surface area contributed by atoms with E-state index in [4.69, 9.17) is 9.47 Å². The maximum Gasteiger partial charge on any atom is 0.224 e. The number of rotatable bonds is 5. The molecular formula is C17H15FN2O2S. The Morgan fingerprint density at radius 1 is 1.13 bits per heavy atom. The highest BCUT2D eigenvalue weighted by atomic mass is 32.2. The predicted octanol–water partition coefficient (Wildman–Crippen LogP) is 4.08. The van der Waals surface area contributed by atoms with E-state index in [1.807, 2.05) is 30.5 Å². The molecule has 4 nitrogen and oxygen atoms in total. The van der Waals surface area contributed by atoms with Crippen LogP contribution in [0.5, 0.6) is 11.6 Å². The van der Waals surface area contributed by atoms with Gasteiger partial charge in [0.25, 0.3) is 0 Å². The minimum atomic E-state index is -0.271. The van der Waals surface area contributed by atoms with Gasteiger partial charge >= 0.3 is 0 Å². The molecular weight excluding hydrogens is 315 g/mol. The Kier molecular flexibility index (Phi) is 4.62. The molecule has 3 rings (SSSR count). The van der Waals surface area contributed by atoms with Gasteiger partial charge in [0.15, 0.2) is 0 Å². The van der Waals surface area contributed by atoms with Crippen molar-refractivity contribution in [1.29, 1.82) is 0 Å². The molecule has 0 radical (unpaired) electrons. The number of hydrogen-bond donors (Lipinski definition) is 0. The summed E-state index contributed by atoms with van der Waals surface area (Å²) >= 11 is 1.49. The lowest BCUT2D eigenvalue weighted by molar-refractivity contribution is 0.296. The first kappa shape index (κ1) is 15.6. The maximum atomic E-state index is 13.6. The van der Waals surface area contributed by atoms with Gasteiger partial charge in [0.1, 0.15) is 24.5 Å². The first-order valence-corrected chi connectivity index (χ1v) is 8.17. The number of thioether (sulfide) groups is 1. The molecule has 0 saturated heterocycles. The molecule has 0 atom stereocenters. The SMILES string of the molecule is COc1ccc2c(OCc3cc(F)cc(SC)c3)ncnc2c1. The van der Waals surface area contributed by atoms with Gasteiger partial charge in [-0.2, -0.15) is 0 Å². The summed E-state index contributed by atoms with van der Waals surface area (Å²) < 4.78 is 24.5. The van der Waals surface area contributed by atoms with Crippen molar-refractivity contribution < 1.29 is 13.9 Å². The fourth-order valence-corrected chi connectivity index (χ4v) is 2.73. The van der Waals surface area contributed by atoms with Gasteiger partial charge in [0, 0.05) is 11.0 Å². The average molecular weight is 330 g/mol. The molecule has 0 bridgehead atoms. The molecule has 0 spiro atoms. The van der Waals surface area contributed by atoms with E-state index in [0.717, 1.165) is 27.1 Å². The van der Waals surface area contributed by atoms with Gasteiger partial charge in [-0.15, -0.1) is 11.8 Å². The summed E-state index contributed by atoms with van der Waals surface area (Å²) in [5.41, 5.74) is 1.49. The van der Waals surface area contributed by atoms with Gasteiger partial charge in [-0.3, -0.25) is 0 Å². The fourth-order valence-electron chi connectivity index (χ4n) is 2.23. The zero-order valence-electron chi connectivity index (χ0n) is 12.7. The first-order chi connectivity index (χ1) is 11.2. The van der Waals surface area contributed by atoms with Crippen molar-refractivity contribution in [3.05, 3.63) is 54.1 Å². The van der Waals surface area contributed by atoms with E-state index in [1.54, 1.807) is 7.11 Å². The van der Waals surface area contributed by atoms with E-state index < -0.39 is 0 Å². The fraction of sp³-hybridized carbons (Fsp3) is 0.176. The molecule has 23 heavy (non-hydrogen) atoms. The van der Waals surface area contributed by atoms with Gasteiger partial charge < -0.3 is 9.47 Å². The van der Waals surface area contributed by atoms with Crippen molar-refractivity contribution in [2.75, 3.05) is 13.4 Å². The second-order valence-corrected chi connectivity index (χ2v) is 5.73. The summed E-state index contributed by atoms with van der Waals surface area (Å²) in [6, 6.07) is 10.4. The van der Waals surface area contributed by atoms with E-state index in [1.165, 1.54) is 30.2 Å². The normalized spacial score (nSPS) is 10.7. The minimum Gasteiger partial charge on any atom is -0.497 e. The van der Waals surface area contributed by atoms with Crippen LogP contribution in [0.25, 0.3) is 10.9 Å². The van der Waals surface area contributed by atoms with Crippen molar-refractivity contribution in [3.8, 4) is 11.6 Å². The van der Waals surface area contributed by atoms with Crippen LogP contribution in [0.15, 0.2) is 47.6 Å². The standard InChI is InChI=1S/C17H15FN2O2S/c1-21-13-3-4-15-16(8-13)19-10-20-17(15)22-9-11-5-12(18)7-14(6-11)23-2/h3-8,10H,9H2,1-2H3. The molecule has 3 aromatic rings. The van der Waals surface area contributed by atoms with Crippen molar-refractivity contribution in [2.45, 2.75) is 11.5 Å². The average Bonchev–Trinajstić information content (AvgIpc) is 2.58. The van der Waals surface area contributed by atoms with Gasteiger partial charge in [-0.05, 0) is 42.2 Å². The van der Waals surface area contributed by atoms with Crippen molar-refractivity contribution in [1.82, 2.24) is 9.97 Å². The number of benzene rings is 2. The van der Waals surface area contributed by atoms with Crippen LogP contribution < -0.4 is 9.47 Å². The summed E-state index contributed by atoms with van der Waals surface area (Å²) in [7, 11) is 1.60. The molecule has 0 unspecified atom stereocenters. The van der Waals surface area contributed by atoms with Crippen LogP contribution in [0, 0.1) is 5.82 Å². The Bertz CT molecular complexity index is 842. The molecule has 0 N–H and O–H groups in total. The number of methoxy groups -OCH3 is 1. The lowest BCUT2D eigenvalue weighted by Gasteiger charge is -2.09. The van der Waals surface area contributed by atoms with Crippen LogP contribution in [0.3, 0.4) is 0 Å². The molecule has 0 aliphatic heterocycles. The summed E-state index contributed by atoms with van der Waals surface area (Å²) in [4.78, 5) is 9.24. The summed E-state index contributed by atoms with van der Waals surface area (Å²) in [5.74, 6) is 0.914. The molecule has 0 saturated carbocycles. The zero-order valence-corrected chi connectivity index (χ0v) is 13.6. The monoisotopic (exact) mass is 330 g/mol. The number of hydrogen-bond acceptors (Lipinski definition) is 5. The number of aromatic nitrogens is 2. The summed E-state index contributed by atoms with van der Waals surface area (Å²) in [5, 5.41) is 0.787. The molecule has 118 valence electrons. The molecule has 1 aromatic heterocycles. The third-order valence-electron chi connectivity index (χ3n) is 3.35. The molecule has 2 aromatic carbocycles. The van der Waals surface area contributed by atoms with Crippen LogP contribution >= 0.6 is 11.8 Å². The highest BCUT2D eigenvalue weighted by Gasteiger charge is 2.07. The Hall–Kier alpha value is -2.34. The largest absolute Gasteiger partial charge is 0.497 e. The number of fused-ring (bicyclic) bond motifs is 1. The van der Waals surface area contributed by atoms with E-state index in [2.05, 4.69) is 9.97 Å². The predicted molar refractivity (Wildman–Crippen MR) is 88.6 cm³/mol. The van der Waals surface area contributed by atoms with Gasteiger partial charge in [-0.1, -0.05) is 0 Å². The molecule has 6 heteroatoms. The molecule has 1 heterocycles. The van der Waals surface area contributed by atoms with Crippen molar-refractivity contribution >= 4 is 22.7 Å². The van der Waals surface area contributed by atoms with Gasteiger partial charge in [0.2, 0.25) is 5.88 Å². The van der Waals surface area contributed by atoms with Crippen molar-refractivity contribution in [2.24, 2.45) is 0 Å². The number of halogens is 1. The quantitative estimate of drug-likeness (QED) is 0.660. The molecule has 0 fully saturated rings. The molecule has 0 aliphatic rings. The third kappa shape index (κ3) is 3.53. The lowest BCUT2D eigenvalue weighted by atomic mass is 10.2. The second-order valence-electron chi connectivity index (χ2n) is 4.85. The van der Waals surface area contributed by atoms with Crippen LogP contribution in [-0.2, 0) is 6.61 Å². The van der Waals surface area contributed by atoms with Crippen molar-refractivity contribution in [3.63, 3.8) is 0 Å². The van der Waals surface area contributed by atoms with Crippen LogP contribution in [0.2, 0.25) is 0 Å². The smallest absolute Gasteiger partial charge is 0.224 e. The highest BCUT2D eigenvalue weighted by Crippen LogP contribution is 2.26. The van der Waals surface area contributed by atoms with Crippen LogP contribution in [0.4, 0.5) is 4.39 Å². The van der Waals surface area contributed by atoms with Gasteiger partial charge in [-0.25, -0.2) is 14.4 Å². The summed E-state index contributed by atoms with van der Waals surface area (Å²) in [6.45, 7) is 0.240. The number of nitrogens with zero attached hydrogens (tertiary/aromatic N) is 2. The van der Waals surface area contributed by atoms with Crippen LogP contribution in [0.1, 0.15) is 5.56 Å². The maximum absolute atomic E-state index is 13.6. The van der Waals surface area contributed by atoms with E-state index in [-0.39, 0.29) is 12.4 Å². The third-order valence-corrected chi connectivity index (χ3v) is 4.06. The zero-order chi connectivity index (χ0) is 16.2. The summed E-state index contributed by atoms with van der Waals surface area (Å²) in [6.07, 6.45) is 3.35. The topological polar surface area (TPSA) is 44.2 Å². The Labute approximate surface area is 137 Å². The molecule has 0 amide bonds.